The molecule has 1 aromatic rings. The average Bonchev–Trinajstić information content (AvgIpc) is 2.05. The molecule has 0 saturated heterocycles. The van der Waals surface area contributed by atoms with Crippen molar-refractivity contribution >= 4 is 11.7 Å². The summed E-state index contributed by atoms with van der Waals surface area (Å²) in [4.78, 5) is 10.4. The van der Waals surface area contributed by atoms with E-state index >= 15 is 0 Å². The molecule has 0 aromatic heterocycles. The number of nitrogens with one attached hydrogen (secondary N) is 1. The van der Waals surface area contributed by atoms with E-state index in [2.05, 4.69) is 11.2 Å². The minimum atomic E-state index is -0.580. The van der Waals surface area contributed by atoms with Crippen LogP contribution in [0.4, 0.5) is 10.5 Å². The van der Waals surface area contributed by atoms with E-state index in [1.54, 1.807) is 24.3 Å². The lowest BCUT2D eigenvalue weighted by Crippen LogP contribution is -2.19. The first kappa shape index (κ1) is 8.15. The van der Waals surface area contributed by atoms with Gasteiger partial charge in [-0.05, 0) is 24.3 Å². The van der Waals surface area contributed by atoms with Gasteiger partial charge in [-0.3, -0.25) is 0 Å². The van der Waals surface area contributed by atoms with Gasteiger partial charge in [-0.2, -0.15) is 0 Å². The fraction of sp³-hybridized carbons (Fsp3) is 0. The lowest BCUT2D eigenvalue weighted by Gasteiger charge is -1.99. The molecule has 3 heteroatoms. The number of amides is 2. The molecule has 1 rings (SSSR count). The van der Waals surface area contributed by atoms with Gasteiger partial charge in [0.15, 0.2) is 0 Å². The van der Waals surface area contributed by atoms with Crippen molar-refractivity contribution < 1.29 is 4.79 Å². The van der Waals surface area contributed by atoms with Crippen molar-refractivity contribution in [2.45, 2.75) is 0 Å². The van der Waals surface area contributed by atoms with Crippen molar-refractivity contribution in [2.24, 2.45) is 5.73 Å². The summed E-state index contributed by atoms with van der Waals surface area (Å²) >= 11 is 0. The number of carbonyl (C=O) groups excluding carboxylic acids is 1. The predicted molar refractivity (Wildman–Crippen MR) is 47.6 cm³/mol. The van der Waals surface area contributed by atoms with Gasteiger partial charge in [-0.15, -0.1) is 6.42 Å². The number of terminal acetylenes is 1. The summed E-state index contributed by atoms with van der Waals surface area (Å²) in [6.45, 7) is 0. The molecular formula is C9H8N2O. The summed E-state index contributed by atoms with van der Waals surface area (Å²) in [5, 5.41) is 2.43. The van der Waals surface area contributed by atoms with Crippen molar-refractivity contribution in [2.75, 3.05) is 5.32 Å². The monoisotopic (exact) mass is 160 g/mol. The molecule has 0 aliphatic heterocycles. The van der Waals surface area contributed by atoms with E-state index < -0.39 is 6.03 Å². The normalized spacial score (nSPS) is 8.58. The first-order chi connectivity index (χ1) is 5.72. The van der Waals surface area contributed by atoms with Gasteiger partial charge in [0.1, 0.15) is 0 Å². The fourth-order valence-electron chi connectivity index (χ4n) is 0.792. The van der Waals surface area contributed by atoms with Crippen LogP contribution in [0, 0.1) is 12.3 Å². The first-order valence-corrected chi connectivity index (χ1v) is 3.35. The van der Waals surface area contributed by atoms with Gasteiger partial charge in [0.2, 0.25) is 0 Å². The molecule has 0 atom stereocenters. The van der Waals surface area contributed by atoms with Crippen LogP contribution in [0.2, 0.25) is 0 Å². The fourth-order valence-corrected chi connectivity index (χ4v) is 0.792. The predicted octanol–water partition coefficient (Wildman–Crippen LogP) is 1.16. The number of anilines is 1. The third-order valence-corrected chi connectivity index (χ3v) is 1.32. The van der Waals surface area contributed by atoms with E-state index in [9.17, 15) is 4.79 Å². The molecule has 0 unspecified atom stereocenters. The maximum Gasteiger partial charge on any atom is 0.316 e. The Kier molecular flexibility index (Phi) is 2.34. The minimum absolute atomic E-state index is 0.580. The molecule has 3 N–H and O–H groups in total. The Bertz CT molecular complexity index is 321. The molecule has 0 heterocycles. The zero-order chi connectivity index (χ0) is 8.97. The molecule has 0 radical (unpaired) electrons. The van der Waals surface area contributed by atoms with Gasteiger partial charge in [-0.25, -0.2) is 4.79 Å². The third kappa shape index (κ3) is 2.03. The zero-order valence-corrected chi connectivity index (χ0v) is 6.37. The Labute approximate surface area is 70.6 Å². The average molecular weight is 160 g/mol. The van der Waals surface area contributed by atoms with Gasteiger partial charge in [0.25, 0.3) is 0 Å². The zero-order valence-electron chi connectivity index (χ0n) is 6.37. The Hall–Kier alpha value is -1.95. The second-order valence-corrected chi connectivity index (χ2v) is 2.21. The summed E-state index contributed by atoms with van der Waals surface area (Å²) in [5.41, 5.74) is 6.31. The highest BCUT2D eigenvalue weighted by atomic mass is 16.2. The summed E-state index contributed by atoms with van der Waals surface area (Å²) in [5.74, 6) is 2.46. The summed E-state index contributed by atoms with van der Waals surface area (Å²) in [6, 6.07) is 6.26. The number of carbonyl (C=O) groups is 1. The maximum atomic E-state index is 10.4. The van der Waals surface area contributed by atoms with Crippen molar-refractivity contribution in [3.05, 3.63) is 29.8 Å². The molecule has 3 nitrogen and oxygen atoms in total. The molecule has 0 spiro atoms. The standard InChI is InChI=1S/C9H8N2O/c1-2-7-3-5-8(6-4-7)11-9(10)12/h1,3-6H,(H3,10,11,12). The Balaban J connectivity index is 2.80. The first-order valence-electron chi connectivity index (χ1n) is 3.35. The number of rotatable bonds is 1. The number of urea groups is 1. The van der Waals surface area contributed by atoms with Crippen molar-refractivity contribution in [1.82, 2.24) is 0 Å². The van der Waals surface area contributed by atoms with E-state index in [1.165, 1.54) is 0 Å². The number of primary amides is 1. The molecule has 0 bridgehead atoms. The Morgan fingerprint density at radius 2 is 2.00 bits per heavy atom. The van der Waals surface area contributed by atoms with E-state index in [0.29, 0.717) is 5.69 Å². The van der Waals surface area contributed by atoms with Crippen LogP contribution in [-0.4, -0.2) is 6.03 Å². The highest BCUT2D eigenvalue weighted by molar-refractivity contribution is 5.87. The molecule has 0 saturated carbocycles. The van der Waals surface area contributed by atoms with Crippen LogP contribution in [-0.2, 0) is 0 Å². The number of benzene rings is 1. The molecule has 60 valence electrons. The molecule has 0 aliphatic carbocycles. The largest absolute Gasteiger partial charge is 0.351 e. The van der Waals surface area contributed by atoms with Crippen LogP contribution in [0.25, 0.3) is 0 Å². The van der Waals surface area contributed by atoms with Crippen LogP contribution in [0.5, 0.6) is 0 Å². The summed E-state index contributed by atoms with van der Waals surface area (Å²) in [7, 11) is 0. The van der Waals surface area contributed by atoms with Crippen LogP contribution in [0.1, 0.15) is 5.56 Å². The molecule has 2 amide bonds. The van der Waals surface area contributed by atoms with Gasteiger partial charge >= 0.3 is 6.03 Å². The summed E-state index contributed by atoms with van der Waals surface area (Å²) in [6.07, 6.45) is 5.14. The highest BCUT2D eigenvalue weighted by Gasteiger charge is 1.93. The molecule has 0 fully saturated rings. The second kappa shape index (κ2) is 3.44. The third-order valence-electron chi connectivity index (χ3n) is 1.32. The van der Waals surface area contributed by atoms with E-state index in [0.717, 1.165) is 5.56 Å². The van der Waals surface area contributed by atoms with Crippen molar-refractivity contribution in [3.8, 4) is 12.3 Å². The van der Waals surface area contributed by atoms with E-state index in [-0.39, 0.29) is 0 Å². The quantitative estimate of drug-likeness (QED) is 0.595. The van der Waals surface area contributed by atoms with Gasteiger partial charge in [0, 0.05) is 11.3 Å². The maximum absolute atomic E-state index is 10.4. The number of nitrogens with two attached hydrogens (primary N) is 1. The Morgan fingerprint density at radius 3 is 2.42 bits per heavy atom. The molecule has 12 heavy (non-hydrogen) atoms. The van der Waals surface area contributed by atoms with E-state index in [1.807, 2.05) is 0 Å². The lowest BCUT2D eigenvalue weighted by molar-refractivity contribution is 0.259. The van der Waals surface area contributed by atoms with Crippen molar-refractivity contribution in [3.63, 3.8) is 0 Å². The minimum Gasteiger partial charge on any atom is -0.351 e. The number of hydrogen-bond acceptors (Lipinski definition) is 1. The van der Waals surface area contributed by atoms with Crippen LogP contribution < -0.4 is 11.1 Å². The van der Waals surface area contributed by atoms with Gasteiger partial charge in [-0.1, -0.05) is 5.92 Å². The molecular weight excluding hydrogens is 152 g/mol. The van der Waals surface area contributed by atoms with Gasteiger partial charge < -0.3 is 11.1 Å². The highest BCUT2D eigenvalue weighted by Crippen LogP contribution is 2.07. The number of hydrogen-bond donors (Lipinski definition) is 2. The smallest absolute Gasteiger partial charge is 0.316 e. The molecule has 0 aliphatic rings. The van der Waals surface area contributed by atoms with E-state index in [4.69, 9.17) is 12.2 Å². The topological polar surface area (TPSA) is 55.1 Å². The molecule has 1 aromatic carbocycles. The van der Waals surface area contributed by atoms with Crippen molar-refractivity contribution in [1.29, 1.82) is 0 Å². The Morgan fingerprint density at radius 1 is 1.42 bits per heavy atom. The lowest BCUT2D eigenvalue weighted by atomic mass is 10.2. The van der Waals surface area contributed by atoms with Crippen LogP contribution in [0.3, 0.4) is 0 Å². The van der Waals surface area contributed by atoms with Crippen LogP contribution in [0.15, 0.2) is 24.3 Å². The second-order valence-electron chi connectivity index (χ2n) is 2.21. The van der Waals surface area contributed by atoms with Gasteiger partial charge in [0.05, 0.1) is 0 Å². The summed E-state index contributed by atoms with van der Waals surface area (Å²) < 4.78 is 0. The van der Waals surface area contributed by atoms with Crippen LogP contribution >= 0.6 is 0 Å². The SMILES string of the molecule is C#Cc1ccc(NC(N)=O)cc1.